The number of rotatable bonds is 4. The second-order valence-electron chi connectivity index (χ2n) is 5.67. The van der Waals surface area contributed by atoms with E-state index in [1.165, 1.54) is 0 Å². The summed E-state index contributed by atoms with van der Waals surface area (Å²) in [6, 6.07) is 5.87. The highest BCUT2D eigenvalue weighted by Gasteiger charge is 2.24. The molecule has 0 spiro atoms. The SMILES string of the molecule is COCc1nc2cc(C[C@H]3CCCS(=O)(=O)C3)ccc2o1. The Morgan fingerprint density at radius 1 is 1.43 bits per heavy atom. The average Bonchev–Trinajstić information content (AvgIpc) is 2.79. The van der Waals surface area contributed by atoms with E-state index in [1.807, 2.05) is 18.2 Å². The van der Waals surface area contributed by atoms with Crippen molar-refractivity contribution in [1.82, 2.24) is 4.98 Å². The first-order valence-corrected chi connectivity index (χ1v) is 8.95. The minimum atomic E-state index is -2.85. The van der Waals surface area contributed by atoms with Gasteiger partial charge in [0, 0.05) is 7.11 Å². The van der Waals surface area contributed by atoms with Crippen molar-refractivity contribution in [3.63, 3.8) is 0 Å². The normalized spacial score (nSPS) is 21.7. The van der Waals surface area contributed by atoms with Crippen molar-refractivity contribution in [2.75, 3.05) is 18.6 Å². The Hall–Kier alpha value is -1.40. The number of benzene rings is 1. The van der Waals surface area contributed by atoms with Gasteiger partial charge in [-0.1, -0.05) is 6.07 Å². The van der Waals surface area contributed by atoms with Crippen LogP contribution in [0.25, 0.3) is 11.1 Å². The Morgan fingerprint density at radius 3 is 3.05 bits per heavy atom. The van der Waals surface area contributed by atoms with Crippen LogP contribution in [0.1, 0.15) is 24.3 Å². The molecule has 2 aromatic rings. The summed E-state index contributed by atoms with van der Waals surface area (Å²) in [7, 11) is -1.25. The number of hydrogen-bond acceptors (Lipinski definition) is 5. The summed E-state index contributed by atoms with van der Waals surface area (Å²) in [5.74, 6) is 1.42. The van der Waals surface area contributed by atoms with Crippen molar-refractivity contribution in [2.45, 2.75) is 25.9 Å². The van der Waals surface area contributed by atoms with Crippen LogP contribution in [-0.2, 0) is 27.6 Å². The Morgan fingerprint density at radius 2 is 2.29 bits per heavy atom. The first-order chi connectivity index (χ1) is 10.1. The van der Waals surface area contributed by atoms with Crippen molar-refractivity contribution in [3.05, 3.63) is 29.7 Å². The Kier molecular flexibility index (Phi) is 3.99. The summed E-state index contributed by atoms with van der Waals surface area (Å²) < 4.78 is 34.0. The van der Waals surface area contributed by atoms with Gasteiger partial charge in [-0.05, 0) is 42.9 Å². The maximum atomic E-state index is 11.7. The number of oxazole rings is 1. The van der Waals surface area contributed by atoms with E-state index in [4.69, 9.17) is 9.15 Å². The fraction of sp³-hybridized carbons (Fsp3) is 0.533. The van der Waals surface area contributed by atoms with Crippen molar-refractivity contribution in [1.29, 1.82) is 0 Å². The molecule has 1 saturated heterocycles. The van der Waals surface area contributed by atoms with Gasteiger partial charge in [0.15, 0.2) is 15.4 Å². The molecule has 0 N–H and O–H groups in total. The summed E-state index contributed by atoms with van der Waals surface area (Å²) in [5, 5.41) is 0. The van der Waals surface area contributed by atoms with Crippen LogP contribution in [0.4, 0.5) is 0 Å². The number of aromatic nitrogens is 1. The number of nitrogens with zero attached hydrogens (tertiary/aromatic N) is 1. The fourth-order valence-electron chi connectivity index (χ4n) is 2.94. The van der Waals surface area contributed by atoms with Gasteiger partial charge in [0.2, 0.25) is 5.89 Å². The van der Waals surface area contributed by atoms with Gasteiger partial charge in [0.25, 0.3) is 0 Å². The lowest BCUT2D eigenvalue weighted by molar-refractivity contribution is 0.161. The summed E-state index contributed by atoms with van der Waals surface area (Å²) in [6.45, 7) is 0.352. The van der Waals surface area contributed by atoms with Crippen molar-refractivity contribution < 1.29 is 17.6 Å². The van der Waals surface area contributed by atoms with Gasteiger partial charge in [-0.3, -0.25) is 0 Å². The maximum absolute atomic E-state index is 11.7. The first kappa shape index (κ1) is 14.5. The fourth-order valence-corrected chi connectivity index (χ4v) is 4.72. The molecule has 1 aromatic carbocycles. The molecule has 0 saturated carbocycles. The third-order valence-corrected chi connectivity index (χ3v) is 5.74. The third-order valence-electron chi connectivity index (χ3n) is 3.85. The van der Waals surface area contributed by atoms with E-state index in [2.05, 4.69) is 4.98 Å². The number of fused-ring (bicyclic) bond motifs is 1. The van der Waals surface area contributed by atoms with E-state index in [1.54, 1.807) is 7.11 Å². The highest BCUT2D eigenvalue weighted by atomic mass is 32.2. The van der Waals surface area contributed by atoms with Gasteiger partial charge in [-0.25, -0.2) is 13.4 Å². The lowest BCUT2D eigenvalue weighted by Gasteiger charge is -2.21. The molecular weight excluding hydrogens is 290 g/mol. The lowest BCUT2D eigenvalue weighted by Crippen LogP contribution is -2.26. The van der Waals surface area contributed by atoms with Crippen LogP contribution >= 0.6 is 0 Å². The van der Waals surface area contributed by atoms with E-state index < -0.39 is 9.84 Å². The van der Waals surface area contributed by atoms with Crippen LogP contribution in [-0.4, -0.2) is 32.0 Å². The average molecular weight is 309 g/mol. The van der Waals surface area contributed by atoms with Crippen molar-refractivity contribution in [3.8, 4) is 0 Å². The van der Waals surface area contributed by atoms with E-state index in [-0.39, 0.29) is 5.92 Å². The number of ether oxygens (including phenoxy) is 1. The molecule has 1 fully saturated rings. The largest absolute Gasteiger partial charge is 0.438 e. The van der Waals surface area contributed by atoms with E-state index in [9.17, 15) is 8.42 Å². The van der Waals surface area contributed by atoms with Gasteiger partial charge >= 0.3 is 0 Å². The van der Waals surface area contributed by atoms with Crippen LogP contribution < -0.4 is 0 Å². The second-order valence-corrected chi connectivity index (χ2v) is 7.90. The molecule has 21 heavy (non-hydrogen) atoms. The third kappa shape index (κ3) is 3.44. The van der Waals surface area contributed by atoms with Gasteiger partial charge < -0.3 is 9.15 Å². The summed E-state index contributed by atoms with van der Waals surface area (Å²) in [5.41, 5.74) is 2.65. The van der Waals surface area contributed by atoms with Crippen molar-refractivity contribution >= 4 is 20.9 Å². The topological polar surface area (TPSA) is 69.4 Å². The standard InChI is InChI=1S/C15H19NO4S/c1-19-9-15-16-13-8-11(4-5-14(13)20-15)7-12-3-2-6-21(17,18)10-12/h4-5,8,12H,2-3,6-7,9-10H2,1H3/t12-/m1/s1. The van der Waals surface area contributed by atoms with Crippen LogP contribution in [0, 0.1) is 5.92 Å². The Labute approximate surface area is 124 Å². The monoisotopic (exact) mass is 309 g/mol. The van der Waals surface area contributed by atoms with E-state index in [0.29, 0.717) is 24.0 Å². The van der Waals surface area contributed by atoms with Crippen LogP contribution in [0.3, 0.4) is 0 Å². The minimum absolute atomic E-state index is 0.214. The molecule has 2 heterocycles. The highest BCUT2D eigenvalue weighted by molar-refractivity contribution is 7.91. The molecule has 3 rings (SSSR count). The number of methoxy groups -OCH3 is 1. The molecule has 0 unspecified atom stereocenters. The quantitative estimate of drug-likeness (QED) is 0.867. The molecule has 1 atom stereocenters. The molecule has 0 aliphatic carbocycles. The molecule has 0 radical (unpaired) electrons. The summed E-state index contributed by atoms with van der Waals surface area (Å²) >= 11 is 0. The minimum Gasteiger partial charge on any atom is -0.438 e. The van der Waals surface area contributed by atoms with Gasteiger partial charge in [-0.2, -0.15) is 0 Å². The van der Waals surface area contributed by atoms with Crippen LogP contribution in [0.5, 0.6) is 0 Å². The molecule has 114 valence electrons. The van der Waals surface area contributed by atoms with Gasteiger partial charge in [0.1, 0.15) is 12.1 Å². The van der Waals surface area contributed by atoms with Crippen LogP contribution in [0.2, 0.25) is 0 Å². The zero-order valence-corrected chi connectivity index (χ0v) is 12.9. The molecule has 1 aromatic heterocycles. The molecule has 1 aliphatic heterocycles. The first-order valence-electron chi connectivity index (χ1n) is 7.13. The zero-order valence-electron chi connectivity index (χ0n) is 12.0. The van der Waals surface area contributed by atoms with E-state index in [0.717, 1.165) is 35.9 Å². The van der Waals surface area contributed by atoms with Gasteiger partial charge in [-0.15, -0.1) is 0 Å². The van der Waals surface area contributed by atoms with Crippen molar-refractivity contribution in [2.24, 2.45) is 5.92 Å². The predicted molar refractivity (Wildman–Crippen MR) is 79.8 cm³/mol. The predicted octanol–water partition coefficient (Wildman–Crippen LogP) is 2.34. The summed E-state index contributed by atoms with van der Waals surface area (Å²) in [4.78, 5) is 4.37. The Balaban J connectivity index is 1.77. The molecule has 0 bridgehead atoms. The lowest BCUT2D eigenvalue weighted by atomic mass is 9.96. The van der Waals surface area contributed by atoms with Crippen LogP contribution in [0.15, 0.2) is 22.6 Å². The zero-order chi connectivity index (χ0) is 14.9. The Bertz CT molecular complexity index is 735. The molecular formula is C15H19NO4S. The molecule has 6 heteroatoms. The highest BCUT2D eigenvalue weighted by Crippen LogP contribution is 2.24. The molecule has 1 aliphatic rings. The smallest absolute Gasteiger partial charge is 0.221 e. The molecule has 0 amide bonds. The van der Waals surface area contributed by atoms with Gasteiger partial charge in [0.05, 0.1) is 11.5 Å². The second kappa shape index (κ2) is 5.77. The summed E-state index contributed by atoms with van der Waals surface area (Å²) in [6.07, 6.45) is 2.53. The molecule has 5 nitrogen and oxygen atoms in total. The van der Waals surface area contributed by atoms with E-state index >= 15 is 0 Å². The number of sulfone groups is 1. The number of hydrogen-bond donors (Lipinski definition) is 0. The maximum Gasteiger partial charge on any atom is 0.221 e.